The summed E-state index contributed by atoms with van der Waals surface area (Å²) in [5.41, 5.74) is 6.33. The monoisotopic (exact) mass is 693 g/mol. The molecule has 10 nitrogen and oxygen atoms in total. The molecular formula is C39H47N7O3S. The van der Waals surface area contributed by atoms with Crippen LogP contribution in [-0.4, -0.2) is 47.3 Å². The molecule has 3 aromatic rings. The van der Waals surface area contributed by atoms with E-state index in [2.05, 4.69) is 40.3 Å². The molecule has 262 valence electrons. The third-order valence-electron chi connectivity index (χ3n) is 12.2. The van der Waals surface area contributed by atoms with Crippen LogP contribution in [0.4, 0.5) is 17.5 Å². The van der Waals surface area contributed by atoms with Crippen LogP contribution in [0.3, 0.4) is 0 Å². The van der Waals surface area contributed by atoms with Gasteiger partial charge < -0.3 is 19.7 Å². The van der Waals surface area contributed by atoms with Crippen LogP contribution < -0.4 is 30.1 Å². The Labute approximate surface area is 298 Å². The molecule has 3 aliphatic carbocycles. The average molecular weight is 694 g/mol. The molecule has 3 aliphatic heterocycles. The SMILES string of the molecule is CC1(C)CC2CCCNc3ccc(OCc4ccccc4)c(n3)SNC(=O)c3ccc(N4C=CC(OCCC5C6(CC6)C56CC6)N4)nc3N1C2. The highest BCUT2D eigenvalue weighted by molar-refractivity contribution is 7.98. The molecule has 50 heavy (non-hydrogen) atoms. The molecule has 2 aromatic heterocycles. The van der Waals surface area contributed by atoms with Gasteiger partial charge in [0.05, 0.1) is 5.56 Å². The van der Waals surface area contributed by atoms with E-state index in [9.17, 15) is 4.79 Å². The minimum atomic E-state index is -0.222. The summed E-state index contributed by atoms with van der Waals surface area (Å²) in [7, 11) is 0. The van der Waals surface area contributed by atoms with E-state index >= 15 is 0 Å². The highest BCUT2D eigenvalue weighted by Gasteiger charge is 2.85. The van der Waals surface area contributed by atoms with Crippen LogP contribution in [0.25, 0.3) is 0 Å². The smallest absolute Gasteiger partial charge is 0.265 e. The Hall–Kier alpha value is -3.80. The number of pyridine rings is 2. The Morgan fingerprint density at radius 3 is 2.62 bits per heavy atom. The number of nitrogens with one attached hydrogen (secondary N) is 3. The lowest BCUT2D eigenvalue weighted by Gasteiger charge is -2.34. The Bertz CT molecular complexity index is 1780. The maximum atomic E-state index is 14.0. The van der Waals surface area contributed by atoms with Gasteiger partial charge in [-0.05, 0) is 124 Å². The number of hydrogen-bond donors (Lipinski definition) is 3. The van der Waals surface area contributed by atoms with Gasteiger partial charge in [0.1, 0.15) is 30.3 Å². The molecule has 3 N–H and O–H groups in total. The lowest BCUT2D eigenvalue weighted by Crippen LogP contribution is -2.41. The van der Waals surface area contributed by atoms with Gasteiger partial charge in [0.25, 0.3) is 5.91 Å². The molecule has 5 heterocycles. The summed E-state index contributed by atoms with van der Waals surface area (Å²) in [6.45, 7) is 7.38. The summed E-state index contributed by atoms with van der Waals surface area (Å²) in [6, 6.07) is 17.7. The Kier molecular flexibility index (Phi) is 8.00. The molecule has 2 unspecified atom stereocenters. The third-order valence-corrected chi connectivity index (χ3v) is 12.9. The van der Waals surface area contributed by atoms with Crippen LogP contribution >= 0.6 is 11.9 Å². The summed E-state index contributed by atoms with van der Waals surface area (Å²) < 4.78 is 15.6. The van der Waals surface area contributed by atoms with Crippen LogP contribution in [0.5, 0.6) is 5.75 Å². The third kappa shape index (κ3) is 5.90. The molecule has 0 radical (unpaired) electrons. The number of anilines is 3. The molecule has 2 atom stereocenters. The number of rotatable bonds is 8. The van der Waals surface area contributed by atoms with Crippen molar-refractivity contribution < 1.29 is 14.3 Å². The van der Waals surface area contributed by atoms with Gasteiger partial charge in [-0.1, -0.05) is 30.3 Å². The van der Waals surface area contributed by atoms with Crippen molar-refractivity contribution in [2.24, 2.45) is 22.7 Å². The molecule has 6 aliphatic rings. The predicted molar refractivity (Wildman–Crippen MR) is 196 cm³/mol. The van der Waals surface area contributed by atoms with Gasteiger partial charge in [-0.25, -0.2) is 9.97 Å². The first kappa shape index (κ1) is 32.1. The van der Waals surface area contributed by atoms with Gasteiger partial charge in [0, 0.05) is 43.4 Å². The number of hydrazine groups is 1. The normalized spacial score (nSPS) is 25.4. The van der Waals surface area contributed by atoms with Gasteiger partial charge in [0.15, 0.2) is 10.8 Å². The van der Waals surface area contributed by atoms with Gasteiger partial charge in [-0.15, -0.1) is 0 Å². The number of amides is 1. The summed E-state index contributed by atoms with van der Waals surface area (Å²) in [5.74, 6) is 3.96. The van der Waals surface area contributed by atoms with Crippen molar-refractivity contribution in [3.63, 3.8) is 0 Å². The number of nitrogens with zero attached hydrogens (tertiary/aromatic N) is 4. The van der Waals surface area contributed by atoms with Crippen LogP contribution in [0, 0.1) is 22.7 Å². The molecule has 4 bridgehead atoms. The molecular weight excluding hydrogens is 647 g/mol. The number of carbonyl (C=O) groups excluding carboxylic acids is 1. The van der Waals surface area contributed by atoms with E-state index in [0.29, 0.717) is 45.5 Å². The average Bonchev–Trinajstić information content (AvgIpc) is 4.08. The van der Waals surface area contributed by atoms with Crippen molar-refractivity contribution in [2.75, 3.05) is 34.9 Å². The molecule has 2 spiro atoms. The molecule has 1 amide bonds. The molecule has 1 aromatic carbocycles. The van der Waals surface area contributed by atoms with E-state index in [1.54, 1.807) is 0 Å². The highest BCUT2D eigenvalue weighted by Crippen LogP contribution is 2.93. The van der Waals surface area contributed by atoms with Crippen molar-refractivity contribution in [3.8, 4) is 5.75 Å². The number of aromatic nitrogens is 2. The fourth-order valence-electron chi connectivity index (χ4n) is 9.40. The van der Waals surface area contributed by atoms with E-state index in [-0.39, 0.29) is 17.7 Å². The summed E-state index contributed by atoms with van der Waals surface area (Å²) in [5, 5.41) is 6.01. The minimum absolute atomic E-state index is 0.159. The van der Waals surface area contributed by atoms with Crippen LogP contribution in [0.2, 0.25) is 0 Å². The van der Waals surface area contributed by atoms with E-state index in [4.69, 9.17) is 19.4 Å². The zero-order chi connectivity index (χ0) is 33.9. The number of benzene rings is 1. The number of carbonyl (C=O) groups is 1. The van der Waals surface area contributed by atoms with Gasteiger partial charge in [-0.2, -0.15) is 5.43 Å². The van der Waals surface area contributed by atoms with Crippen LogP contribution in [0.15, 0.2) is 71.9 Å². The van der Waals surface area contributed by atoms with E-state index in [1.807, 2.05) is 65.8 Å². The van der Waals surface area contributed by atoms with Gasteiger partial charge >= 0.3 is 0 Å². The fourth-order valence-corrected chi connectivity index (χ4v) is 10.1. The standard InChI is InChI=1S/C39H47N7O3S/c1-37(2)23-27-9-6-20-40-31-12-11-29(49-25-26-7-4-3-5-8-26)36(41-31)50-44-35(47)28-10-13-32(42-34(28)45(37)24-27)46-21-14-33(43-46)48-22-15-30-38(16-17-38)39(30)18-19-39/h3-5,7-8,10-14,21,27,30,33,43H,6,9,15-20,22-25H2,1-2H3,(H,40,41)(H,44,47). The quantitative estimate of drug-likeness (QED) is 0.213. The van der Waals surface area contributed by atoms with E-state index < -0.39 is 0 Å². The van der Waals surface area contributed by atoms with Crippen LogP contribution in [-0.2, 0) is 11.3 Å². The Morgan fingerprint density at radius 2 is 1.82 bits per heavy atom. The zero-order valence-corrected chi connectivity index (χ0v) is 29.8. The first-order chi connectivity index (χ1) is 24.3. The fraction of sp³-hybridized carbons (Fsp3) is 0.513. The second-order valence-electron chi connectivity index (χ2n) is 15.7. The maximum Gasteiger partial charge on any atom is 0.265 e. The van der Waals surface area contributed by atoms with E-state index in [0.717, 1.165) is 68.5 Å². The number of ether oxygens (including phenoxy) is 2. The lowest BCUT2D eigenvalue weighted by molar-refractivity contribution is 0.0624. The van der Waals surface area contributed by atoms with Crippen molar-refractivity contribution in [3.05, 3.63) is 78.0 Å². The predicted octanol–water partition coefficient (Wildman–Crippen LogP) is 7.06. The van der Waals surface area contributed by atoms with E-state index in [1.165, 1.54) is 37.6 Å². The summed E-state index contributed by atoms with van der Waals surface area (Å²) in [6.07, 6.45) is 13.9. The first-order valence-corrected chi connectivity index (χ1v) is 19.2. The molecule has 1 saturated heterocycles. The topological polar surface area (TPSA) is 104 Å². The summed E-state index contributed by atoms with van der Waals surface area (Å²) in [4.78, 5) is 26.4. The summed E-state index contributed by atoms with van der Waals surface area (Å²) >= 11 is 1.17. The molecule has 9 rings (SSSR count). The van der Waals surface area contributed by atoms with Crippen molar-refractivity contribution in [1.82, 2.24) is 20.1 Å². The number of fused-ring (bicyclic) bond motifs is 7. The Balaban J connectivity index is 0.929. The minimum Gasteiger partial charge on any atom is -0.486 e. The number of hydrogen-bond acceptors (Lipinski definition) is 10. The van der Waals surface area contributed by atoms with Crippen molar-refractivity contribution >= 4 is 35.3 Å². The molecule has 3 saturated carbocycles. The second-order valence-corrected chi connectivity index (χ2v) is 16.5. The molecule has 11 heteroatoms. The highest BCUT2D eigenvalue weighted by atomic mass is 32.2. The van der Waals surface area contributed by atoms with Gasteiger partial charge in [0.2, 0.25) is 0 Å². The molecule has 4 fully saturated rings. The van der Waals surface area contributed by atoms with Gasteiger partial charge in [-0.3, -0.25) is 14.5 Å². The largest absolute Gasteiger partial charge is 0.486 e. The lowest BCUT2D eigenvalue weighted by atomic mass is 9.93. The first-order valence-electron chi connectivity index (χ1n) is 18.4. The second kappa shape index (κ2) is 12.5. The van der Waals surface area contributed by atoms with Crippen molar-refractivity contribution in [2.45, 2.75) is 88.6 Å². The maximum absolute atomic E-state index is 14.0. The Morgan fingerprint density at radius 1 is 1.00 bits per heavy atom. The zero-order valence-electron chi connectivity index (χ0n) is 29.0. The van der Waals surface area contributed by atoms with Crippen molar-refractivity contribution in [1.29, 1.82) is 0 Å². The van der Waals surface area contributed by atoms with Crippen LogP contribution in [0.1, 0.15) is 81.1 Å².